The lowest BCUT2D eigenvalue weighted by atomic mass is 10.2. The SMILES string of the molecule is CCN(CC)c1ccc(N=C2C(NC=O)=Nn3nc(-c4ccccn4)nc32)c(C)n1. The van der Waals surface area contributed by atoms with Crippen LogP contribution in [-0.4, -0.2) is 55.9 Å². The Morgan fingerprint density at radius 1 is 1.17 bits per heavy atom. The third-order valence-corrected chi connectivity index (χ3v) is 4.67. The summed E-state index contributed by atoms with van der Waals surface area (Å²) in [5, 5.41) is 11.2. The zero-order valence-electron chi connectivity index (χ0n) is 16.9. The maximum atomic E-state index is 11.0. The van der Waals surface area contributed by atoms with Gasteiger partial charge in [-0.15, -0.1) is 15.0 Å². The molecule has 10 nitrogen and oxygen atoms in total. The number of pyridine rings is 2. The molecule has 4 rings (SSSR count). The molecule has 0 fully saturated rings. The summed E-state index contributed by atoms with van der Waals surface area (Å²) in [6, 6.07) is 9.33. The Labute approximate surface area is 173 Å². The van der Waals surface area contributed by atoms with Crippen molar-refractivity contribution in [3.63, 3.8) is 0 Å². The molecular weight excluding hydrogens is 382 g/mol. The Balaban J connectivity index is 1.75. The highest BCUT2D eigenvalue weighted by Crippen LogP contribution is 2.24. The van der Waals surface area contributed by atoms with Gasteiger partial charge in [0, 0.05) is 19.3 Å². The lowest BCUT2D eigenvalue weighted by Crippen LogP contribution is -2.28. The van der Waals surface area contributed by atoms with Gasteiger partial charge < -0.3 is 10.2 Å². The average Bonchev–Trinajstić information content (AvgIpc) is 3.31. The van der Waals surface area contributed by atoms with E-state index in [1.807, 2.05) is 37.3 Å². The minimum absolute atomic E-state index is 0.278. The molecule has 4 heterocycles. The normalized spacial score (nSPS) is 13.8. The molecule has 30 heavy (non-hydrogen) atoms. The van der Waals surface area contributed by atoms with Gasteiger partial charge in [-0.3, -0.25) is 9.78 Å². The Morgan fingerprint density at radius 3 is 2.67 bits per heavy atom. The fourth-order valence-corrected chi connectivity index (χ4v) is 3.13. The first-order chi connectivity index (χ1) is 14.6. The number of carbonyl (C=O) groups excluding carboxylic acids is 1. The van der Waals surface area contributed by atoms with Gasteiger partial charge in [-0.25, -0.2) is 15.0 Å². The summed E-state index contributed by atoms with van der Waals surface area (Å²) < 4.78 is 0. The van der Waals surface area contributed by atoms with E-state index >= 15 is 0 Å². The minimum Gasteiger partial charge on any atom is -0.357 e. The van der Waals surface area contributed by atoms with E-state index in [9.17, 15) is 4.79 Å². The zero-order valence-corrected chi connectivity index (χ0v) is 16.9. The number of aryl methyl sites for hydroxylation is 1. The van der Waals surface area contributed by atoms with Crippen LogP contribution in [0.1, 0.15) is 25.4 Å². The second-order valence-electron chi connectivity index (χ2n) is 6.48. The number of rotatable bonds is 6. The number of amides is 1. The molecule has 1 amide bonds. The van der Waals surface area contributed by atoms with Gasteiger partial charge in [0.1, 0.15) is 11.5 Å². The van der Waals surface area contributed by atoms with Crippen molar-refractivity contribution in [1.29, 1.82) is 0 Å². The Bertz CT molecular complexity index is 1130. The van der Waals surface area contributed by atoms with Gasteiger partial charge in [-0.1, -0.05) is 6.07 Å². The zero-order chi connectivity index (χ0) is 21.1. The Hall–Kier alpha value is -3.95. The monoisotopic (exact) mass is 403 g/mol. The largest absolute Gasteiger partial charge is 0.357 e. The Kier molecular flexibility index (Phi) is 5.29. The van der Waals surface area contributed by atoms with Crippen molar-refractivity contribution >= 4 is 29.5 Å². The van der Waals surface area contributed by atoms with E-state index in [0.29, 0.717) is 35.2 Å². The van der Waals surface area contributed by atoms with Crippen molar-refractivity contribution in [3.8, 4) is 11.5 Å². The number of nitrogens with zero attached hydrogens (tertiary/aromatic N) is 8. The van der Waals surface area contributed by atoms with Crippen LogP contribution in [0.5, 0.6) is 0 Å². The number of aromatic nitrogens is 5. The highest BCUT2D eigenvalue weighted by molar-refractivity contribution is 6.49. The first-order valence-electron chi connectivity index (χ1n) is 9.64. The number of hydrogen-bond donors (Lipinski definition) is 1. The molecule has 1 N–H and O–H groups in total. The number of fused-ring (bicyclic) bond motifs is 1. The molecule has 0 aromatic carbocycles. The van der Waals surface area contributed by atoms with Crippen molar-refractivity contribution < 1.29 is 4.79 Å². The fraction of sp³-hybridized carbons (Fsp3) is 0.250. The van der Waals surface area contributed by atoms with Crippen molar-refractivity contribution in [2.45, 2.75) is 20.8 Å². The Morgan fingerprint density at radius 2 is 2.00 bits per heavy atom. The smallest absolute Gasteiger partial charge is 0.212 e. The van der Waals surface area contributed by atoms with Gasteiger partial charge in [0.25, 0.3) is 0 Å². The lowest BCUT2D eigenvalue weighted by molar-refractivity contribution is -0.108. The van der Waals surface area contributed by atoms with Gasteiger partial charge in [-0.05, 0) is 45.0 Å². The maximum Gasteiger partial charge on any atom is 0.212 e. The van der Waals surface area contributed by atoms with Gasteiger partial charge in [0.05, 0.1) is 11.4 Å². The van der Waals surface area contributed by atoms with E-state index in [2.05, 4.69) is 49.2 Å². The van der Waals surface area contributed by atoms with E-state index in [0.717, 1.165) is 24.6 Å². The van der Waals surface area contributed by atoms with E-state index < -0.39 is 0 Å². The summed E-state index contributed by atoms with van der Waals surface area (Å²) in [6.45, 7) is 7.82. The van der Waals surface area contributed by atoms with Crippen LogP contribution in [0.3, 0.4) is 0 Å². The van der Waals surface area contributed by atoms with Crippen LogP contribution in [0.25, 0.3) is 11.5 Å². The maximum absolute atomic E-state index is 11.0. The summed E-state index contributed by atoms with van der Waals surface area (Å²) in [4.78, 5) is 32.7. The minimum atomic E-state index is 0.278. The highest BCUT2D eigenvalue weighted by atomic mass is 16.1. The van der Waals surface area contributed by atoms with Crippen LogP contribution in [0.2, 0.25) is 0 Å². The number of aliphatic imine (C=N–C) groups is 1. The van der Waals surface area contributed by atoms with E-state index in [1.54, 1.807) is 6.20 Å². The first-order valence-corrected chi connectivity index (χ1v) is 9.64. The van der Waals surface area contributed by atoms with Gasteiger partial charge in [0.2, 0.25) is 18.1 Å². The van der Waals surface area contributed by atoms with Crippen LogP contribution >= 0.6 is 0 Å². The van der Waals surface area contributed by atoms with Crippen molar-refractivity contribution in [2.75, 3.05) is 18.0 Å². The molecule has 0 bridgehead atoms. The van der Waals surface area contributed by atoms with E-state index in [4.69, 9.17) is 4.99 Å². The fourth-order valence-electron chi connectivity index (χ4n) is 3.13. The molecule has 0 spiro atoms. The molecule has 0 saturated heterocycles. The van der Waals surface area contributed by atoms with Crippen LogP contribution < -0.4 is 10.2 Å². The predicted molar refractivity (Wildman–Crippen MR) is 114 cm³/mol. The van der Waals surface area contributed by atoms with Crippen molar-refractivity contribution in [3.05, 3.63) is 48.0 Å². The number of carbonyl (C=O) groups is 1. The second kappa shape index (κ2) is 8.19. The van der Waals surface area contributed by atoms with Gasteiger partial charge in [-0.2, -0.15) is 0 Å². The second-order valence-corrected chi connectivity index (χ2v) is 6.48. The standard InChI is InChI=1S/C20H21N9O/c1-4-28(5-2)16-10-9-14(13(3)23-16)24-17-19(22-12-30)27-29-20(17)25-18(26-29)15-8-6-7-11-21-15/h6-12H,4-5H2,1-3H3,(H,22,27,30). The van der Waals surface area contributed by atoms with Crippen LogP contribution in [0, 0.1) is 6.92 Å². The first kappa shape index (κ1) is 19.4. The van der Waals surface area contributed by atoms with E-state index in [-0.39, 0.29) is 5.84 Å². The summed E-state index contributed by atoms with van der Waals surface area (Å²) >= 11 is 0. The molecule has 152 valence electrons. The summed E-state index contributed by atoms with van der Waals surface area (Å²) in [5.74, 6) is 2.03. The third kappa shape index (κ3) is 3.54. The number of anilines is 1. The number of nitrogens with one attached hydrogen (secondary N) is 1. The average molecular weight is 403 g/mol. The summed E-state index contributed by atoms with van der Waals surface area (Å²) in [6.07, 6.45) is 2.22. The highest BCUT2D eigenvalue weighted by Gasteiger charge is 2.28. The molecule has 10 heteroatoms. The predicted octanol–water partition coefficient (Wildman–Crippen LogP) is 1.93. The lowest BCUT2D eigenvalue weighted by Gasteiger charge is -2.20. The summed E-state index contributed by atoms with van der Waals surface area (Å²) in [7, 11) is 0. The van der Waals surface area contributed by atoms with Gasteiger partial charge in [0.15, 0.2) is 11.5 Å². The van der Waals surface area contributed by atoms with Gasteiger partial charge >= 0.3 is 0 Å². The van der Waals surface area contributed by atoms with Crippen LogP contribution in [0.15, 0.2) is 46.6 Å². The van der Waals surface area contributed by atoms with Crippen molar-refractivity contribution in [1.82, 2.24) is 30.2 Å². The van der Waals surface area contributed by atoms with Crippen LogP contribution in [0.4, 0.5) is 11.5 Å². The molecule has 3 aromatic heterocycles. The topological polar surface area (TPSA) is 114 Å². The molecule has 0 radical (unpaired) electrons. The number of amidine groups is 1. The summed E-state index contributed by atoms with van der Waals surface area (Å²) in [5.41, 5.74) is 2.47. The molecule has 0 unspecified atom stereocenters. The molecule has 0 aliphatic carbocycles. The van der Waals surface area contributed by atoms with E-state index in [1.165, 1.54) is 4.79 Å². The molecule has 1 aliphatic heterocycles. The molecule has 0 saturated carbocycles. The molecular formula is C20H21N9O. The van der Waals surface area contributed by atoms with Crippen LogP contribution in [-0.2, 0) is 4.79 Å². The third-order valence-electron chi connectivity index (χ3n) is 4.67. The molecule has 0 atom stereocenters. The molecule has 1 aliphatic rings. The number of hydrogen-bond acceptors (Lipinski definition) is 8. The van der Waals surface area contributed by atoms with Crippen molar-refractivity contribution in [2.24, 2.45) is 10.1 Å². The quantitative estimate of drug-likeness (QED) is 0.629. The molecule has 3 aromatic rings.